The van der Waals surface area contributed by atoms with Crippen molar-refractivity contribution >= 4 is 17.6 Å². The van der Waals surface area contributed by atoms with Gasteiger partial charge in [-0.15, -0.1) is 0 Å². The van der Waals surface area contributed by atoms with E-state index in [2.05, 4.69) is 5.32 Å². The van der Waals surface area contributed by atoms with Crippen molar-refractivity contribution in [1.29, 1.82) is 0 Å². The van der Waals surface area contributed by atoms with Crippen LogP contribution >= 0.6 is 0 Å². The van der Waals surface area contributed by atoms with E-state index in [1.54, 1.807) is 0 Å². The molecule has 19 heavy (non-hydrogen) atoms. The van der Waals surface area contributed by atoms with Crippen molar-refractivity contribution < 1.29 is 19.4 Å². The van der Waals surface area contributed by atoms with Gasteiger partial charge in [-0.2, -0.15) is 0 Å². The smallest absolute Gasteiger partial charge is 0.326 e. The summed E-state index contributed by atoms with van der Waals surface area (Å²) in [7, 11) is 1.32. The molecule has 0 fully saturated rings. The van der Waals surface area contributed by atoms with Crippen LogP contribution in [0.3, 0.4) is 0 Å². The second kappa shape index (κ2) is 4.91. The summed E-state index contributed by atoms with van der Waals surface area (Å²) in [5, 5.41) is 12.1. The van der Waals surface area contributed by atoms with E-state index in [4.69, 9.17) is 9.84 Å². The Morgan fingerprint density at radius 3 is 2.63 bits per heavy atom. The summed E-state index contributed by atoms with van der Waals surface area (Å²) in [5.41, 5.74) is 3.56. The number of carbonyl (C=O) groups is 2. The first-order valence-electron chi connectivity index (χ1n) is 6.12. The molecule has 0 aromatic heterocycles. The molecule has 1 heterocycles. The van der Waals surface area contributed by atoms with Gasteiger partial charge < -0.3 is 15.2 Å². The number of benzene rings is 1. The molecule has 1 aliphatic rings. The lowest BCUT2D eigenvalue weighted by Crippen LogP contribution is -2.38. The second-order valence-electron chi connectivity index (χ2n) is 4.89. The number of carboxylic acid groups (broad SMARTS) is 1. The molecule has 0 aliphatic carbocycles. The van der Waals surface area contributed by atoms with Gasteiger partial charge in [0.1, 0.15) is 6.04 Å². The molecule has 2 atom stereocenters. The number of esters is 1. The molecule has 1 aromatic rings. The van der Waals surface area contributed by atoms with Crippen molar-refractivity contribution in [2.75, 3.05) is 12.4 Å². The Balaban J connectivity index is 2.53. The molecule has 0 saturated heterocycles. The molecule has 0 bridgehead atoms. The van der Waals surface area contributed by atoms with Crippen molar-refractivity contribution in [3.05, 3.63) is 28.8 Å². The van der Waals surface area contributed by atoms with Crippen molar-refractivity contribution in [2.24, 2.45) is 0 Å². The molecule has 5 nitrogen and oxygen atoms in total. The summed E-state index contributed by atoms with van der Waals surface area (Å²) < 4.78 is 4.80. The van der Waals surface area contributed by atoms with E-state index in [1.807, 2.05) is 26.0 Å². The van der Waals surface area contributed by atoms with Crippen molar-refractivity contribution in [1.82, 2.24) is 0 Å². The summed E-state index contributed by atoms with van der Waals surface area (Å²) in [4.78, 5) is 23.1. The van der Waals surface area contributed by atoms with Crippen LogP contribution in [0.5, 0.6) is 0 Å². The Kier molecular flexibility index (Phi) is 3.46. The molecule has 2 N–H and O–H groups in total. The topological polar surface area (TPSA) is 75.6 Å². The van der Waals surface area contributed by atoms with Crippen LogP contribution in [0.2, 0.25) is 0 Å². The summed E-state index contributed by atoms with van der Waals surface area (Å²) >= 11 is 0. The minimum atomic E-state index is -0.960. The maximum absolute atomic E-state index is 11.9. The summed E-state index contributed by atoms with van der Waals surface area (Å²) in [5.74, 6) is -1.87. The zero-order valence-corrected chi connectivity index (χ0v) is 11.2. The maximum Gasteiger partial charge on any atom is 0.326 e. The van der Waals surface area contributed by atoms with E-state index in [0.717, 1.165) is 16.7 Å². The number of carbonyl (C=O) groups excluding carboxylic acids is 1. The highest BCUT2D eigenvalue weighted by atomic mass is 16.5. The van der Waals surface area contributed by atoms with Gasteiger partial charge in [0.25, 0.3) is 0 Å². The van der Waals surface area contributed by atoms with E-state index < -0.39 is 17.9 Å². The quantitative estimate of drug-likeness (QED) is 0.796. The van der Waals surface area contributed by atoms with E-state index in [9.17, 15) is 9.59 Å². The molecule has 0 amide bonds. The Morgan fingerprint density at radius 2 is 2.05 bits per heavy atom. The van der Waals surface area contributed by atoms with Gasteiger partial charge in [0.15, 0.2) is 0 Å². The first-order chi connectivity index (χ1) is 8.93. The first-order valence-corrected chi connectivity index (χ1v) is 6.12. The maximum atomic E-state index is 11.9. The minimum absolute atomic E-state index is 0.207. The molecule has 0 spiro atoms. The van der Waals surface area contributed by atoms with Gasteiger partial charge in [-0.05, 0) is 43.0 Å². The Labute approximate surface area is 111 Å². The zero-order valence-electron chi connectivity index (χ0n) is 11.2. The standard InChI is InChI=1S/C14H17NO4/c1-7-4-8(2)12-9(14(18)19-3)6-11(13(16)17)15-10(12)5-7/h4-5,9,11,15H,6H2,1-3H3,(H,16,17)/t9-,11-/m0/s1. The average Bonchev–Trinajstić information content (AvgIpc) is 2.35. The number of anilines is 1. The van der Waals surface area contributed by atoms with Crippen LogP contribution in [-0.2, 0) is 14.3 Å². The molecule has 5 heteroatoms. The molecule has 0 radical (unpaired) electrons. The van der Waals surface area contributed by atoms with Crippen LogP contribution in [0.1, 0.15) is 29.0 Å². The number of aliphatic carboxylic acids is 1. The lowest BCUT2D eigenvalue weighted by atomic mass is 9.83. The van der Waals surface area contributed by atoms with Gasteiger partial charge in [-0.25, -0.2) is 4.79 Å². The summed E-state index contributed by atoms with van der Waals surface area (Å²) in [6.45, 7) is 3.86. The van der Waals surface area contributed by atoms with Crippen LogP contribution in [0, 0.1) is 13.8 Å². The third kappa shape index (κ3) is 2.41. The molecule has 0 unspecified atom stereocenters. The van der Waals surface area contributed by atoms with Gasteiger partial charge in [-0.3, -0.25) is 4.79 Å². The van der Waals surface area contributed by atoms with Crippen molar-refractivity contribution in [2.45, 2.75) is 32.2 Å². The fourth-order valence-corrected chi connectivity index (χ4v) is 2.68. The molecule has 2 rings (SSSR count). The number of ether oxygens (including phenoxy) is 1. The fraction of sp³-hybridized carbons (Fsp3) is 0.429. The number of aryl methyl sites for hydroxylation is 2. The molecular weight excluding hydrogens is 246 g/mol. The number of rotatable bonds is 2. The Bertz CT molecular complexity index is 538. The highest BCUT2D eigenvalue weighted by molar-refractivity contribution is 5.87. The first kappa shape index (κ1) is 13.4. The van der Waals surface area contributed by atoms with Gasteiger partial charge in [-0.1, -0.05) is 6.07 Å². The number of methoxy groups -OCH3 is 1. The third-order valence-electron chi connectivity index (χ3n) is 3.46. The number of carboxylic acids is 1. The van der Waals surface area contributed by atoms with Crippen LogP contribution in [0.25, 0.3) is 0 Å². The zero-order chi connectivity index (χ0) is 14.2. The van der Waals surface area contributed by atoms with Gasteiger partial charge in [0.2, 0.25) is 0 Å². The number of fused-ring (bicyclic) bond motifs is 1. The fourth-order valence-electron chi connectivity index (χ4n) is 2.68. The van der Waals surface area contributed by atoms with E-state index in [-0.39, 0.29) is 12.4 Å². The van der Waals surface area contributed by atoms with E-state index in [1.165, 1.54) is 7.11 Å². The SMILES string of the molecule is COC(=O)[C@H]1C[C@@H](C(=O)O)Nc2cc(C)cc(C)c21. The van der Waals surface area contributed by atoms with Crippen LogP contribution in [0.4, 0.5) is 5.69 Å². The molecule has 1 aliphatic heterocycles. The minimum Gasteiger partial charge on any atom is -0.480 e. The van der Waals surface area contributed by atoms with Gasteiger partial charge >= 0.3 is 11.9 Å². The monoisotopic (exact) mass is 263 g/mol. The third-order valence-corrected chi connectivity index (χ3v) is 3.46. The highest BCUT2D eigenvalue weighted by Crippen LogP contribution is 2.38. The molecular formula is C14H17NO4. The number of hydrogen-bond donors (Lipinski definition) is 2. The molecule has 1 aromatic carbocycles. The lowest BCUT2D eigenvalue weighted by molar-refractivity contribution is -0.143. The average molecular weight is 263 g/mol. The second-order valence-corrected chi connectivity index (χ2v) is 4.89. The van der Waals surface area contributed by atoms with Crippen LogP contribution < -0.4 is 5.32 Å². The highest BCUT2D eigenvalue weighted by Gasteiger charge is 2.36. The van der Waals surface area contributed by atoms with Crippen molar-refractivity contribution in [3.63, 3.8) is 0 Å². The van der Waals surface area contributed by atoms with Crippen LogP contribution in [-0.4, -0.2) is 30.2 Å². The summed E-state index contributed by atoms with van der Waals surface area (Å²) in [6, 6.07) is 3.09. The lowest BCUT2D eigenvalue weighted by Gasteiger charge is -2.31. The van der Waals surface area contributed by atoms with E-state index in [0.29, 0.717) is 5.69 Å². The summed E-state index contributed by atoms with van der Waals surface area (Å²) in [6.07, 6.45) is 0.207. The largest absolute Gasteiger partial charge is 0.480 e. The predicted molar refractivity (Wildman–Crippen MR) is 70.3 cm³/mol. The Morgan fingerprint density at radius 1 is 1.37 bits per heavy atom. The number of nitrogens with one attached hydrogen (secondary N) is 1. The van der Waals surface area contributed by atoms with Crippen LogP contribution in [0.15, 0.2) is 12.1 Å². The Hall–Kier alpha value is -2.04. The predicted octanol–water partition coefficient (Wildman–Crippen LogP) is 1.83. The molecule has 0 saturated carbocycles. The van der Waals surface area contributed by atoms with Gasteiger partial charge in [0, 0.05) is 5.69 Å². The molecule has 102 valence electrons. The number of hydrogen-bond acceptors (Lipinski definition) is 4. The van der Waals surface area contributed by atoms with Gasteiger partial charge in [0.05, 0.1) is 13.0 Å². The normalized spacial score (nSPS) is 21.2. The van der Waals surface area contributed by atoms with E-state index >= 15 is 0 Å². The van der Waals surface area contributed by atoms with Crippen molar-refractivity contribution in [3.8, 4) is 0 Å².